The van der Waals surface area contributed by atoms with E-state index < -0.39 is 6.03 Å². The topological polar surface area (TPSA) is 70.2 Å². The minimum atomic E-state index is -0.420. The van der Waals surface area contributed by atoms with Crippen LogP contribution in [0.3, 0.4) is 0 Å². The largest absolute Gasteiger partial charge is 0.344 e. The Morgan fingerprint density at radius 3 is 2.00 bits per heavy atom. The van der Waals surface area contributed by atoms with Crippen molar-refractivity contribution in [2.45, 2.75) is 13.0 Å². The average molecular weight is 373 g/mol. The van der Waals surface area contributed by atoms with E-state index in [0.717, 1.165) is 16.7 Å². The Kier molecular flexibility index (Phi) is 6.41. The van der Waals surface area contributed by atoms with Crippen LogP contribution in [0, 0.1) is 6.92 Å². The lowest BCUT2D eigenvalue weighted by atomic mass is 9.99. The van der Waals surface area contributed by atoms with E-state index >= 15 is 0 Å². The van der Waals surface area contributed by atoms with E-state index in [-0.39, 0.29) is 18.5 Å². The van der Waals surface area contributed by atoms with Crippen molar-refractivity contribution in [1.82, 2.24) is 10.6 Å². The molecule has 5 nitrogen and oxygen atoms in total. The molecule has 0 aromatic heterocycles. The smallest absolute Gasteiger partial charge is 0.319 e. The summed E-state index contributed by atoms with van der Waals surface area (Å²) in [7, 11) is 0. The van der Waals surface area contributed by atoms with Gasteiger partial charge in [0, 0.05) is 5.69 Å². The average Bonchev–Trinajstić information content (AvgIpc) is 2.72. The van der Waals surface area contributed by atoms with Gasteiger partial charge in [0.05, 0.1) is 12.6 Å². The van der Waals surface area contributed by atoms with Gasteiger partial charge in [-0.3, -0.25) is 4.79 Å². The molecule has 0 unspecified atom stereocenters. The van der Waals surface area contributed by atoms with E-state index in [9.17, 15) is 9.59 Å². The van der Waals surface area contributed by atoms with Gasteiger partial charge in [-0.1, -0.05) is 72.8 Å². The first-order valence-corrected chi connectivity index (χ1v) is 9.12. The number of aryl methyl sites for hydroxylation is 1. The summed E-state index contributed by atoms with van der Waals surface area (Å²) in [5.41, 5.74) is 3.69. The third-order valence-corrected chi connectivity index (χ3v) is 4.26. The van der Waals surface area contributed by atoms with Gasteiger partial charge in [-0.25, -0.2) is 4.79 Å². The number of amides is 3. The van der Waals surface area contributed by atoms with E-state index in [1.165, 1.54) is 0 Å². The van der Waals surface area contributed by atoms with Gasteiger partial charge < -0.3 is 16.0 Å². The van der Waals surface area contributed by atoms with Crippen LogP contribution in [0.1, 0.15) is 22.7 Å². The molecule has 28 heavy (non-hydrogen) atoms. The van der Waals surface area contributed by atoms with Crippen molar-refractivity contribution >= 4 is 17.6 Å². The number of rotatable bonds is 6. The number of hydrogen-bond donors (Lipinski definition) is 3. The molecule has 0 aliphatic rings. The van der Waals surface area contributed by atoms with Crippen molar-refractivity contribution in [3.05, 3.63) is 102 Å². The molecule has 0 spiro atoms. The maximum Gasteiger partial charge on any atom is 0.319 e. The summed E-state index contributed by atoms with van der Waals surface area (Å²) in [4.78, 5) is 24.5. The summed E-state index contributed by atoms with van der Waals surface area (Å²) in [6.07, 6.45) is 0. The van der Waals surface area contributed by atoms with Gasteiger partial charge in [-0.2, -0.15) is 0 Å². The van der Waals surface area contributed by atoms with Gasteiger partial charge in [-0.15, -0.1) is 0 Å². The van der Waals surface area contributed by atoms with Crippen LogP contribution in [0.15, 0.2) is 84.9 Å². The molecule has 3 aromatic carbocycles. The summed E-state index contributed by atoms with van der Waals surface area (Å²) in [5.74, 6) is -0.267. The fraction of sp³-hybridized carbons (Fsp3) is 0.130. The fourth-order valence-corrected chi connectivity index (χ4v) is 2.92. The van der Waals surface area contributed by atoms with Crippen LogP contribution in [-0.2, 0) is 4.79 Å². The number of urea groups is 1. The summed E-state index contributed by atoms with van der Waals surface area (Å²) < 4.78 is 0. The monoisotopic (exact) mass is 373 g/mol. The van der Waals surface area contributed by atoms with Crippen molar-refractivity contribution in [3.63, 3.8) is 0 Å². The lowest BCUT2D eigenvalue weighted by Gasteiger charge is -2.20. The third-order valence-electron chi connectivity index (χ3n) is 4.26. The van der Waals surface area contributed by atoms with Crippen molar-refractivity contribution in [2.75, 3.05) is 11.9 Å². The molecule has 142 valence electrons. The second-order valence-corrected chi connectivity index (χ2v) is 6.50. The number of nitrogens with one attached hydrogen (secondary N) is 3. The van der Waals surface area contributed by atoms with E-state index in [4.69, 9.17) is 0 Å². The zero-order valence-electron chi connectivity index (χ0n) is 15.7. The SMILES string of the molecule is Cc1cccc(NC(=O)NCC(=O)NC(c2ccccc2)c2ccccc2)c1. The van der Waals surface area contributed by atoms with Gasteiger partial charge in [0.1, 0.15) is 0 Å². The molecule has 0 atom stereocenters. The third kappa shape index (κ3) is 5.45. The van der Waals surface area contributed by atoms with Gasteiger partial charge in [0.15, 0.2) is 0 Å². The summed E-state index contributed by atoms with van der Waals surface area (Å²) in [6.45, 7) is 1.83. The lowest BCUT2D eigenvalue weighted by molar-refractivity contribution is -0.120. The molecule has 0 bridgehead atoms. The highest BCUT2D eigenvalue weighted by Crippen LogP contribution is 2.21. The Morgan fingerprint density at radius 1 is 0.821 bits per heavy atom. The molecule has 3 N–H and O–H groups in total. The molecule has 3 aromatic rings. The number of carbonyl (C=O) groups is 2. The van der Waals surface area contributed by atoms with E-state index in [2.05, 4.69) is 16.0 Å². The normalized spacial score (nSPS) is 10.4. The minimum Gasteiger partial charge on any atom is -0.344 e. The van der Waals surface area contributed by atoms with Crippen LogP contribution < -0.4 is 16.0 Å². The standard InChI is InChI=1S/C23H23N3O2/c1-17-9-8-14-20(15-17)25-23(28)24-16-21(27)26-22(18-10-4-2-5-11-18)19-12-6-3-7-13-19/h2-15,22H,16H2,1H3,(H,26,27)(H2,24,25,28). The maximum atomic E-state index is 12.5. The summed E-state index contributed by atoms with van der Waals surface area (Å²) >= 11 is 0. The minimum absolute atomic E-state index is 0.117. The van der Waals surface area contributed by atoms with E-state index in [1.807, 2.05) is 85.8 Å². The number of carbonyl (C=O) groups excluding carboxylic acids is 2. The highest BCUT2D eigenvalue weighted by molar-refractivity contribution is 5.92. The Hall–Kier alpha value is -3.60. The van der Waals surface area contributed by atoms with Crippen LogP contribution in [0.5, 0.6) is 0 Å². The molecule has 0 saturated carbocycles. The first-order chi connectivity index (χ1) is 13.6. The Bertz CT molecular complexity index is 887. The molecular weight excluding hydrogens is 350 g/mol. The van der Waals surface area contributed by atoms with Crippen molar-refractivity contribution in [3.8, 4) is 0 Å². The quantitative estimate of drug-likeness (QED) is 0.611. The molecular formula is C23H23N3O2. The first-order valence-electron chi connectivity index (χ1n) is 9.12. The first kappa shape index (κ1) is 19.2. The molecule has 0 saturated heterocycles. The van der Waals surface area contributed by atoms with Gasteiger partial charge in [-0.05, 0) is 35.7 Å². The molecule has 5 heteroatoms. The number of anilines is 1. The molecule has 0 fully saturated rings. The van der Waals surface area contributed by atoms with Crippen LogP contribution in [-0.4, -0.2) is 18.5 Å². The number of hydrogen-bond acceptors (Lipinski definition) is 2. The highest BCUT2D eigenvalue weighted by Gasteiger charge is 2.16. The maximum absolute atomic E-state index is 12.5. The Balaban J connectivity index is 1.60. The van der Waals surface area contributed by atoms with Gasteiger partial charge in [0.25, 0.3) is 0 Å². The van der Waals surface area contributed by atoms with Gasteiger partial charge >= 0.3 is 6.03 Å². The molecule has 0 aliphatic carbocycles. The van der Waals surface area contributed by atoms with Crippen LogP contribution >= 0.6 is 0 Å². The van der Waals surface area contributed by atoms with E-state index in [0.29, 0.717) is 5.69 Å². The zero-order chi connectivity index (χ0) is 19.8. The van der Waals surface area contributed by atoms with Crippen molar-refractivity contribution in [1.29, 1.82) is 0 Å². The van der Waals surface area contributed by atoms with Crippen LogP contribution in [0.25, 0.3) is 0 Å². The zero-order valence-corrected chi connectivity index (χ0v) is 15.7. The predicted molar refractivity (Wildman–Crippen MR) is 111 cm³/mol. The van der Waals surface area contributed by atoms with Crippen LogP contribution in [0.2, 0.25) is 0 Å². The number of benzene rings is 3. The molecule has 0 aliphatic heterocycles. The van der Waals surface area contributed by atoms with Crippen molar-refractivity contribution < 1.29 is 9.59 Å². The van der Waals surface area contributed by atoms with E-state index in [1.54, 1.807) is 6.07 Å². The second-order valence-electron chi connectivity index (χ2n) is 6.50. The predicted octanol–water partition coefficient (Wildman–Crippen LogP) is 4.02. The summed E-state index contributed by atoms with van der Waals surface area (Å²) in [6, 6.07) is 26.3. The molecule has 3 amide bonds. The summed E-state index contributed by atoms with van der Waals surface area (Å²) in [5, 5.41) is 8.32. The van der Waals surface area contributed by atoms with Crippen molar-refractivity contribution in [2.24, 2.45) is 0 Å². The fourth-order valence-electron chi connectivity index (χ4n) is 2.92. The van der Waals surface area contributed by atoms with Gasteiger partial charge in [0.2, 0.25) is 5.91 Å². The second kappa shape index (κ2) is 9.37. The van der Waals surface area contributed by atoms with Crippen LogP contribution in [0.4, 0.5) is 10.5 Å². The molecule has 0 radical (unpaired) electrons. The highest BCUT2D eigenvalue weighted by atomic mass is 16.2. The molecule has 0 heterocycles. The lowest BCUT2D eigenvalue weighted by Crippen LogP contribution is -2.40. The Labute approximate surface area is 164 Å². The Morgan fingerprint density at radius 2 is 1.43 bits per heavy atom. The molecule has 3 rings (SSSR count).